The van der Waals surface area contributed by atoms with Crippen molar-refractivity contribution in [2.45, 2.75) is 17.8 Å². The molecule has 1 aliphatic carbocycles. The highest BCUT2D eigenvalue weighted by Crippen LogP contribution is 2.64. The molecule has 6 nitrogen and oxygen atoms in total. The minimum Gasteiger partial charge on any atom is -0.328 e. The van der Waals surface area contributed by atoms with Crippen molar-refractivity contribution in [2.24, 2.45) is 0 Å². The van der Waals surface area contributed by atoms with Gasteiger partial charge in [-0.25, -0.2) is 23.1 Å². The molecule has 1 aromatic heterocycles. The van der Waals surface area contributed by atoms with Gasteiger partial charge in [-0.05, 0) is 23.8 Å². The molecule has 1 N–H and O–H groups in total. The molecule has 10 heteroatoms. The van der Waals surface area contributed by atoms with Crippen LogP contribution in [0.25, 0.3) is 0 Å². The average molecular weight is 441 g/mol. The van der Waals surface area contributed by atoms with E-state index >= 15 is 0 Å². The topological polar surface area (TPSA) is 75.2 Å². The molecule has 27 heavy (non-hydrogen) atoms. The summed E-state index contributed by atoms with van der Waals surface area (Å²) in [6.45, 7) is -0.702. The fourth-order valence-electron chi connectivity index (χ4n) is 3.39. The Morgan fingerprint density at radius 2 is 1.96 bits per heavy atom. The Balaban J connectivity index is 1.57. The first-order valence-electron chi connectivity index (χ1n) is 7.96. The number of rotatable bonds is 3. The molecular weight excluding hydrogens is 429 g/mol. The normalized spacial score (nSPS) is 22.5. The highest BCUT2D eigenvalue weighted by atomic mass is 79.9. The van der Waals surface area contributed by atoms with E-state index < -0.39 is 35.5 Å². The first-order valence-corrected chi connectivity index (χ1v) is 8.76. The van der Waals surface area contributed by atoms with Crippen molar-refractivity contribution in [1.29, 1.82) is 0 Å². The van der Waals surface area contributed by atoms with E-state index in [4.69, 9.17) is 0 Å². The number of benzene rings is 1. The van der Waals surface area contributed by atoms with Crippen LogP contribution in [-0.4, -0.2) is 45.7 Å². The van der Waals surface area contributed by atoms with Gasteiger partial charge in [0.25, 0.3) is 11.8 Å². The van der Waals surface area contributed by atoms with Crippen molar-refractivity contribution in [3.05, 3.63) is 52.0 Å². The minimum absolute atomic E-state index is 0.137. The summed E-state index contributed by atoms with van der Waals surface area (Å²) in [7, 11) is 0. The van der Waals surface area contributed by atoms with Gasteiger partial charge in [0.05, 0.1) is 17.8 Å². The number of halogens is 4. The molecule has 0 bridgehead atoms. The van der Waals surface area contributed by atoms with Crippen LogP contribution >= 0.6 is 15.9 Å². The Bertz CT molecular complexity index is 954. The van der Waals surface area contributed by atoms with Crippen molar-refractivity contribution in [2.75, 3.05) is 18.4 Å². The van der Waals surface area contributed by atoms with Crippen LogP contribution in [0.5, 0.6) is 0 Å². The van der Waals surface area contributed by atoms with Gasteiger partial charge in [-0.2, -0.15) is 0 Å². The number of hydrogen-bond donors (Lipinski definition) is 1. The molecule has 1 aromatic carbocycles. The minimum atomic E-state index is -2.95. The molecule has 1 spiro atoms. The molecule has 1 unspecified atom stereocenters. The molecule has 2 heterocycles. The number of amides is 2. The lowest BCUT2D eigenvalue weighted by molar-refractivity contribution is -0.117. The van der Waals surface area contributed by atoms with E-state index in [1.165, 1.54) is 12.1 Å². The number of hydrogen-bond acceptors (Lipinski definition) is 4. The third-order valence-electron chi connectivity index (χ3n) is 4.78. The Kier molecular flexibility index (Phi) is 3.99. The van der Waals surface area contributed by atoms with Crippen LogP contribution in [-0.2, 0) is 10.2 Å². The number of anilines is 1. The van der Waals surface area contributed by atoms with E-state index in [-0.39, 0.29) is 24.5 Å². The molecule has 0 saturated heterocycles. The highest BCUT2D eigenvalue weighted by molar-refractivity contribution is 9.10. The van der Waals surface area contributed by atoms with Crippen LogP contribution in [0.15, 0.2) is 35.1 Å². The molecule has 0 radical (unpaired) electrons. The van der Waals surface area contributed by atoms with Crippen molar-refractivity contribution < 1.29 is 22.8 Å². The van der Waals surface area contributed by atoms with Gasteiger partial charge in [0.15, 0.2) is 5.82 Å². The Hall–Kier alpha value is -2.49. The van der Waals surface area contributed by atoms with E-state index in [1.54, 1.807) is 6.07 Å². The van der Waals surface area contributed by atoms with Crippen LogP contribution < -0.4 is 5.32 Å². The average Bonchev–Trinajstić information content (AvgIpc) is 3.16. The zero-order chi connectivity index (χ0) is 19.4. The lowest BCUT2D eigenvalue weighted by Crippen LogP contribution is -2.48. The first kappa shape index (κ1) is 17.9. The quantitative estimate of drug-likeness (QED) is 0.795. The number of alkyl halides is 2. The third-order valence-corrected chi connectivity index (χ3v) is 5.27. The van der Waals surface area contributed by atoms with E-state index in [9.17, 15) is 22.8 Å². The van der Waals surface area contributed by atoms with Gasteiger partial charge in [-0.15, -0.1) is 0 Å². The summed E-state index contributed by atoms with van der Waals surface area (Å²) >= 11 is 3.25. The Labute approximate surface area is 159 Å². The fraction of sp³-hybridized carbons (Fsp3) is 0.294. The summed E-state index contributed by atoms with van der Waals surface area (Å²) in [5.74, 6) is -4.91. The van der Waals surface area contributed by atoms with Gasteiger partial charge in [-0.1, -0.05) is 15.9 Å². The van der Waals surface area contributed by atoms with Gasteiger partial charge in [-0.3, -0.25) is 14.9 Å². The van der Waals surface area contributed by atoms with E-state index in [0.717, 1.165) is 17.3 Å². The number of carbonyl (C=O) groups is 2. The number of carbonyl (C=O) groups excluding carboxylic acids is 2. The summed E-state index contributed by atoms with van der Waals surface area (Å²) < 4.78 is 41.8. The van der Waals surface area contributed by atoms with Crippen molar-refractivity contribution in [1.82, 2.24) is 14.9 Å². The zero-order valence-electron chi connectivity index (χ0n) is 13.7. The standard InChI is InChI=1S/C17H12BrF3N4O2/c18-9-1-2-11-12(3-9)16(7-17(16,20)21)8-25(14(11)27)6-13(26)24-15-22-4-10(19)5-23-15/h1-5H,6-8H2,(H,22,23,24,26). The fourth-order valence-corrected chi connectivity index (χ4v) is 3.75. The maximum absolute atomic E-state index is 14.2. The second-order valence-corrected chi connectivity index (χ2v) is 7.50. The van der Waals surface area contributed by atoms with Crippen LogP contribution in [0.4, 0.5) is 19.1 Å². The number of nitrogens with zero attached hydrogens (tertiary/aromatic N) is 3. The highest BCUT2D eigenvalue weighted by Gasteiger charge is 2.74. The summed E-state index contributed by atoms with van der Waals surface area (Å²) in [5.41, 5.74) is -1.02. The second-order valence-electron chi connectivity index (χ2n) is 6.59. The molecule has 1 fully saturated rings. The molecule has 1 aliphatic heterocycles. The lowest BCUT2D eigenvalue weighted by atomic mass is 9.86. The molecule has 1 atom stereocenters. The van der Waals surface area contributed by atoms with Crippen molar-refractivity contribution >= 4 is 33.7 Å². The summed E-state index contributed by atoms with van der Waals surface area (Å²) in [4.78, 5) is 33.2. The number of aromatic nitrogens is 2. The molecule has 2 aromatic rings. The monoisotopic (exact) mass is 440 g/mol. The molecule has 2 amide bonds. The van der Waals surface area contributed by atoms with Gasteiger partial charge in [0.2, 0.25) is 11.9 Å². The van der Waals surface area contributed by atoms with Crippen molar-refractivity contribution in [3.8, 4) is 0 Å². The van der Waals surface area contributed by atoms with Gasteiger partial charge in [0.1, 0.15) is 6.54 Å². The summed E-state index contributed by atoms with van der Waals surface area (Å²) in [6.07, 6.45) is 1.38. The van der Waals surface area contributed by atoms with Crippen LogP contribution in [0.3, 0.4) is 0 Å². The molecular formula is C17H12BrF3N4O2. The largest absolute Gasteiger partial charge is 0.328 e. The van der Waals surface area contributed by atoms with Gasteiger partial charge in [0, 0.05) is 23.0 Å². The van der Waals surface area contributed by atoms with E-state index in [1.807, 2.05) is 0 Å². The third kappa shape index (κ3) is 2.97. The SMILES string of the molecule is O=C(CN1CC2(CC2(F)F)c2cc(Br)ccc2C1=O)Nc1ncc(F)cn1. The maximum Gasteiger partial charge on any atom is 0.260 e. The van der Waals surface area contributed by atoms with Gasteiger partial charge < -0.3 is 4.90 Å². The van der Waals surface area contributed by atoms with E-state index in [0.29, 0.717) is 10.0 Å². The van der Waals surface area contributed by atoms with Crippen LogP contribution in [0, 0.1) is 5.82 Å². The van der Waals surface area contributed by atoms with Crippen LogP contribution in [0.1, 0.15) is 22.3 Å². The Morgan fingerprint density at radius 3 is 2.59 bits per heavy atom. The number of nitrogens with one attached hydrogen (secondary N) is 1. The maximum atomic E-state index is 14.2. The summed E-state index contributed by atoms with van der Waals surface area (Å²) in [6, 6.07) is 4.61. The predicted molar refractivity (Wildman–Crippen MR) is 91.9 cm³/mol. The molecule has 140 valence electrons. The van der Waals surface area contributed by atoms with Gasteiger partial charge >= 0.3 is 0 Å². The zero-order valence-corrected chi connectivity index (χ0v) is 15.3. The lowest BCUT2D eigenvalue weighted by Gasteiger charge is -2.34. The first-order chi connectivity index (χ1) is 12.7. The van der Waals surface area contributed by atoms with Crippen molar-refractivity contribution in [3.63, 3.8) is 0 Å². The number of fused-ring (bicyclic) bond motifs is 2. The van der Waals surface area contributed by atoms with E-state index in [2.05, 4.69) is 31.2 Å². The molecule has 1 saturated carbocycles. The molecule has 2 aliphatic rings. The molecule has 4 rings (SSSR count). The predicted octanol–water partition coefficient (Wildman–Crippen LogP) is 2.75. The summed E-state index contributed by atoms with van der Waals surface area (Å²) in [5, 5.41) is 2.32. The Morgan fingerprint density at radius 1 is 1.30 bits per heavy atom. The smallest absolute Gasteiger partial charge is 0.260 e. The van der Waals surface area contributed by atoms with Crippen LogP contribution in [0.2, 0.25) is 0 Å². The second kappa shape index (κ2) is 6.01.